The van der Waals surface area contributed by atoms with Gasteiger partial charge >= 0.3 is 0 Å². The first-order valence-corrected chi connectivity index (χ1v) is 7.72. The summed E-state index contributed by atoms with van der Waals surface area (Å²) < 4.78 is 66.4. The Morgan fingerprint density at radius 2 is 1.65 bits per heavy atom. The Kier molecular flexibility index (Phi) is 4.60. The van der Waals surface area contributed by atoms with Crippen LogP contribution < -0.4 is 10.0 Å². The zero-order valence-electron chi connectivity index (χ0n) is 11.7. The Labute approximate surface area is 130 Å². The lowest BCUT2D eigenvalue weighted by Gasteiger charge is -2.11. The molecule has 0 unspecified atom stereocenters. The van der Waals surface area contributed by atoms with Crippen molar-refractivity contribution in [1.29, 1.82) is 0 Å². The standard InChI is InChI=1S/C14H11F3N2O3S/c1-8(20)18-13-7-10(3-5-11(13)16)19-23(21,22)14-6-9(15)2-4-12(14)17/h2-7,19H,1H3,(H,18,20). The van der Waals surface area contributed by atoms with E-state index in [1.807, 2.05) is 4.72 Å². The van der Waals surface area contributed by atoms with E-state index in [1.54, 1.807) is 0 Å². The van der Waals surface area contributed by atoms with Crippen LogP contribution in [0.4, 0.5) is 24.5 Å². The highest BCUT2D eigenvalue weighted by Crippen LogP contribution is 2.24. The van der Waals surface area contributed by atoms with Crippen molar-refractivity contribution in [2.45, 2.75) is 11.8 Å². The fraction of sp³-hybridized carbons (Fsp3) is 0.0714. The van der Waals surface area contributed by atoms with E-state index in [1.165, 1.54) is 0 Å². The molecule has 0 bridgehead atoms. The zero-order chi connectivity index (χ0) is 17.2. The van der Waals surface area contributed by atoms with E-state index >= 15 is 0 Å². The van der Waals surface area contributed by atoms with Crippen molar-refractivity contribution in [2.75, 3.05) is 10.0 Å². The molecule has 2 aromatic rings. The normalized spacial score (nSPS) is 11.1. The molecule has 0 spiro atoms. The Morgan fingerprint density at radius 3 is 2.30 bits per heavy atom. The van der Waals surface area contributed by atoms with E-state index in [-0.39, 0.29) is 11.4 Å². The number of hydrogen-bond acceptors (Lipinski definition) is 3. The van der Waals surface area contributed by atoms with Gasteiger partial charge in [0, 0.05) is 6.92 Å². The van der Waals surface area contributed by atoms with Crippen molar-refractivity contribution in [3.63, 3.8) is 0 Å². The molecule has 2 aromatic carbocycles. The second kappa shape index (κ2) is 6.29. The smallest absolute Gasteiger partial charge is 0.264 e. The summed E-state index contributed by atoms with van der Waals surface area (Å²) >= 11 is 0. The van der Waals surface area contributed by atoms with Gasteiger partial charge in [0.2, 0.25) is 5.91 Å². The van der Waals surface area contributed by atoms with E-state index in [4.69, 9.17) is 0 Å². The number of rotatable bonds is 4. The lowest BCUT2D eigenvalue weighted by Crippen LogP contribution is -2.15. The highest BCUT2D eigenvalue weighted by Gasteiger charge is 2.20. The third-order valence-electron chi connectivity index (χ3n) is 2.71. The van der Waals surface area contributed by atoms with Crippen LogP contribution in [0.2, 0.25) is 0 Å². The third-order valence-corrected chi connectivity index (χ3v) is 4.11. The van der Waals surface area contributed by atoms with E-state index < -0.39 is 38.3 Å². The van der Waals surface area contributed by atoms with Gasteiger partial charge in [-0.15, -0.1) is 0 Å². The topological polar surface area (TPSA) is 75.3 Å². The molecule has 2 N–H and O–H groups in total. The van der Waals surface area contributed by atoms with Gasteiger partial charge in [-0.2, -0.15) is 0 Å². The van der Waals surface area contributed by atoms with Crippen molar-refractivity contribution >= 4 is 27.3 Å². The number of benzene rings is 2. The monoisotopic (exact) mass is 344 g/mol. The molecule has 0 atom stereocenters. The number of carbonyl (C=O) groups excluding carboxylic acids is 1. The van der Waals surface area contributed by atoms with Crippen LogP contribution in [0.3, 0.4) is 0 Å². The molecule has 23 heavy (non-hydrogen) atoms. The Balaban J connectivity index is 2.37. The Morgan fingerprint density at radius 1 is 1.00 bits per heavy atom. The van der Waals surface area contributed by atoms with E-state index in [0.29, 0.717) is 12.1 Å². The van der Waals surface area contributed by atoms with Crippen molar-refractivity contribution < 1.29 is 26.4 Å². The molecule has 2 rings (SSSR count). The van der Waals surface area contributed by atoms with Gasteiger partial charge in [0.25, 0.3) is 10.0 Å². The first kappa shape index (κ1) is 16.8. The summed E-state index contributed by atoms with van der Waals surface area (Å²) in [6.07, 6.45) is 0. The quantitative estimate of drug-likeness (QED) is 0.895. The zero-order valence-corrected chi connectivity index (χ0v) is 12.5. The molecule has 0 aliphatic heterocycles. The number of nitrogens with one attached hydrogen (secondary N) is 2. The molecule has 0 aliphatic rings. The van der Waals surface area contributed by atoms with E-state index in [9.17, 15) is 26.4 Å². The summed E-state index contributed by atoms with van der Waals surface area (Å²) in [6.45, 7) is 1.15. The number of carbonyl (C=O) groups is 1. The number of amides is 1. The minimum absolute atomic E-state index is 0.126. The molecule has 1 amide bonds. The average Bonchev–Trinajstić information content (AvgIpc) is 2.44. The molecule has 0 saturated carbocycles. The van der Waals surface area contributed by atoms with Gasteiger partial charge in [-0.05, 0) is 36.4 Å². The molecule has 122 valence electrons. The van der Waals surface area contributed by atoms with E-state index in [2.05, 4.69) is 5.32 Å². The summed E-state index contributed by atoms with van der Waals surface area (Å²) in [5.74, 6) is -3.40. The lowest BCUT2D eigenvalue weighted by atomic mass is 10.2. The van der Waals surface area contributed by atoms with Gasteiger partial charge in [0.05, 0.1) is 11.4 Å². The van der Waals surface area contributed by atoms with Crippen LogP contribution in [-0.4, -0.2) is 14.3 Å². The maximum Gasteiger partial charge on any atom is 0.264 e. The summed E-state index contributed by atoms with van der Waals surface area (Å²) in [5.41, 5.74) is -0.378. The molecule has 5 nitrogen and oxygen atoms in total. The van der Waals surface area contributed by atoms with Crippen molar-refractivity contribution in [3.8, 4) is 0 Å². The van der Waals surface area contributed by atoms with Crippen LogP contribution >= 0.6 is 0 Å². The van der Waals surface area contributed by atoms with Gasteiger partial charge in [0.1, 0.15) is 22.3 Å². The molecule has 9 heteroatoms. The number of halogens is 3. The SMILES string of the molecule is CC(=O)Nc1cc(NS(=O)(=O)c2cc(F)ccc2F)ccc1F. The fourth-order valence-electron chi connectivity index (χ4n) is 1.77. The molecular weight excluding hydrogens is 333 g/mol. The minimum atomic E-state index is -4.42. The largest absolute Gasteiger partial charge is 0.324 e. The van der Waals surface area contributed by atoms with E-state index in [0.717, 1.165) is 31.2 Å². The molecular formula is C14H11F3N2O3S. The first-order chi connectivity index (χ1) is 10.7. The predicted octanol–water partition coefficient (Wildman–Crippen LogP) is 2.86. The van der Waals surface area contributed by atoms with Gasteiger partial charge < -0.3 is 5.32 Å². The number of sulfonamides is 1. The third kappa shape index (κ3) is 4.01. The summed E-state index contributed by atoms with van der Waals surface area (Å²) in [6, 6.07) is 5.00. The minimum Gasteiger partial charge on any atom is -0.324 e. The molecule has 0 saturated heterocycles. The van der Waals surface area contributed by atoms with Crippen LogP contribution in [0.25, 0.3) is 0 Å². The van der Waals surface area contributed by atoms with Crippen molar-refractivity contribution in [3.05, 3.63) is 53.8 Å². The van der Waals surface area contributed by atoms with Crippen molar-refractivity contribution in [2.24, 2.45) is 0 Å². The van der Waals surface area contributed by atoms with Gasteiger partial charge in [-0.3, -0.25) is 9.52 Å². The van der Waals surface area contributed by atoms with Crippen LogP contribution in [0.15, 0.2) is 41.3 Å². The molecule has 0 aromatic heterocycles. The highest BCUT2D eigenvalue weighted by atomic mass is 32.2. The predicted molar refractivity (Wildman–Crippen MR) is 77.9 cm³/mol. The fourth-order valence-corrected chi connectivity index (χ4v) is 2.91. The van der Waals surface area contributed by atoms with Crippen molar-refractivity contribution in [1.82, 2.24) is 0 Å². The van der Waals surface area contributed by atoms with Gasteiger partial charge in [0.15, 0.2) is 0 Å². The first-order valence-electron chi connectivity index (χ1n) is 6.24. The van der Waals surface area contributed by atoms with Crippen LogP contribution in [0, 0.1) is 17.5 Å². The maximum atomic E-state index is 13.6. The highest BCUT2D eigenvalue weighted by molar-refractivity contribution is 7.92. The van der Waals surface area contributed by atoms with Gasteiger partial charge in [-0.25, -0.2) is 21.6 Å². The van der Waals surface area contributed by atoms with Gasteiger partial charge in [-0.1, -0.05) is 0 Å². The summed E-state index contributed by atoms with van der Waals surface area (Å²) in [5, 5.41) is 2.18. The second-order valence-electron chi connectivity index (χ2n) is 4.56. The number of anilines is 2. The average molecular weight is 344 g/mol. The summed E-state index contributed by atoms with van der Waals surface area (Å²) in [4.78, 5) is 10.1. The Bertz CT molecular complexity index is 870. The maximum absolute atomic E-state index is 13.6. The molecule has 0 aliphatic carbocycles. The van der Waals surface area contributed by atoms with Crippen LogP contribution in [-0.2, 0) is 14.8 Å². The summed E-state index contributed by atoms with van der Waals surface area (Å²) in [7, 11) is -4.42. The second-order valence-corrected chi connectivity index (χ2v) is 6.21. The Hall–Kier alpha value is -2.55. The van der Waals surface area contributed by atoms with Crippen LogP contribution in [0.5, 0.6) is 0 Å². The lowest BCUT2D eigenvalue weighted by molar-refractivity contribution is -0.114. The molecule has 0 fully saturated rings. The molecule has 0 radical (unpaired) electrons. The number of hydrogen-bond donors (Lipinski definition) is 2. The molecule has 0 heterocycles. The van der Waals surface area contributed by atoms with Crippen LogP contribution in [0.1, 0.15) is 6.92 Å².